The van der Waals surface area contributed by atoms with Crippen LogP contribution >= 0.6 is 0 Å². The van der Waals surface area contributed by atoms with Gasteiger partial charge in [-0.2, -0.15) is 0 Å². The van der Waals surface area contributed by atoms with Gasteiger partial charge in [0.05, 0.1) is 13.2 Å². The number of hydrogen-bond acceptors (Lipinski definition) is 5. The van der Waals surface area contributed by atoms with Crippen molar-refractivity contribution in [3.63, 3.8) is 0 Å². The Morgan fingerprint density at radius 1 is 1.14 bits per heavy atom. The number of rotatable bonds is 4. The van der Waals surface area contributed by atoms with E-state index < -0.39 is 5.60 Å². The van der Waals surface area contributed by atoms with Crippen molar-refractivity contribution in [1.29, 1.82) is 0 Å². The van der Waals surface area contributed by atoms with E-state index in [1.165, 1.54) is 0 Å². The van der Waals surface area contributed by atoms with Crippen molar-refractivity contribution in [2.45, 2.75) is 24.5 Å². The van der Waals surface area contributed by atoms with Crippen LogP contribution in [0.15, 0.2) is 30.3 Å². The molecule has 0 bridgehead atoms. The van der Waals surface area contributed by atoms with Crippen molar-refractivity contribution in [2.24, 2.45) is 0 Å². The average molecular weight is 307 g/mol. The minimum Gasteiger partial charge on any atom is -0.490 e. The molecule has 0 amide bonds. The highest BCUT2D eigenvalue weighted by molar-refractivity contribution is 5.21. The van der Waals surface area contributed by atoms with Crippen LogP contribution in [-0.4, -0.2) is 67.8 Å². The number of aliphatic hydroxyl groups is 1. The zero-order valence-corrected chi connectivity index (χ0v) is 12.9. The second-order valence-electron chi connectivity index (χ2n) is 6.19. The predicted octanol–water partition coefficient (Wildman–Crippen LogP) is 1.31. The Balaban J connectivity index is 1.60. The van der Waals surface area contributed by atoms with Gasteiger partial charge in [0.25, 0.3) is 0 Å². The number of hydrogen-bond donors (Lipinski definition) is 1. The Hall–Kier alpha value is -1.14. The highest BCUT2D eigenvalue weighted by atomic mass is 16.5. The van der Waals surface area contributed by atoms with Crippen molar-refractivity contribution in [1.82, 2.24) is 4.90 Å². The highest BCUT2D eigenvalue weighted by Crippen LogP contribution is 2.21. The molecule has 122 valence electrons. The van der Waals surface area contributed by atoms with Gasteiger partial charge in [0.15, 0.2) is 0 Å². The molecule has 1 atom stereocenters. The number of para-hydroxylation sites is 1. The summed E-state index contributed by atoms with van der Waals surface area (Å²) in [5, 5.41) is 10.9. The van der Waals surface area contributed by atoms with Crippen molar-refractivity contribution < 1.29 is 19.3 Å². The van der Waals surface area contributed by atoms with Gasteiger partial charge in [0.2, 0.25) is 0 Å². The molecule has 22 heavy (non-hydrogen) atoms. The summed E-state index contributed by atoms with van der Waals surface area (Å²) in [7, 11) is 0. The van der Waals surface area contributed by atoms with E-state index in [-0.39, 0.29) is 6.61 Å². The number of ether oxygens (including phenoxy) is 3. The van der Waals surface area contributed by atoms with Crippen LogP contribution in [0.4, 0.5) is 0 Å². The first-order valence-corrected chi connectivity index (χ1v) is 8.05. The summed E-state index contributed by atoms with van der Waals surface area (Å²) >= 11 is 0. The SMILES string of the molecule is OC1(COc2ccccc2)COCCN(C2CCOCC2)C1. The molecule has 5 heteroatoms. The topological polar surface area (TPSA) is 51.2 Å². The molecule has 1 aromatic carbocycles. The molecule has 0 radical (unpaired) electrons. The Kier molecular flexibility index (Phi) is 5.31. The minimum atomic E-state index is -0.968. The predicted molar refractivity (Wildman–Crippen MR) is 83.1 cm³/mol. The summed E-state index contributed by atoms with van der Waals surface area (Å²) < 4.78 is 16.8. The zero-order valence-electron chi connectivity index (χ0n) is 12.9. The monoisotopic (exact) mass is 307 g/mol. The maximum absolute atomic E-state index is 10.9. The lowest BCUT2D eigenvalue weighted by molar-refractivity contribution is -0.0714. The van der Waals surface area contributed by atoms with E-state index in [2.05, 4.69) is 4.90 Å². The van der Waals surface area contributed by atoms with Gasteiger partial charge in [-0.1, -0.05) is 18.2 Å². The van der Waals surface area contributed by atoms with Gasteiger partial charge in [0, 0.05) is 32.3 Å². The molecule has 2 aliphatic heterocycles. The van der Waals surface area contributed by atoms with Crippen LogP contribution in [0, 0.1) is 0 Å². The van der Waals surface area contributed by atoms with E-state index in [0.717, 1.165) is 38.3 Å². The standard InChI is InChI=1S/C17H25NO4/c19-17(14-22-16-4-2-1-3-5-16)12-18(8-11-21-13-17)15-6-9-20-10-7-15/h1-5,15,19H,6-14H2. The van der Waals surface area contributed by atoms with Crippen LogP contribution in [0.5, 0.6) is 5.75 Å². The number of β-amino-alcohol motifs (C(OH)–C–C–N with tert-alkyl or cyclic N) is 1. The third-order valence-corrected chi connectivity index (χ3v) is 4.35. The summed E-state index contributed by atoms with van der Waals surface area (Å²) in [6.45, 7) is 4.28. The Morgan fingerprint density at radius 3 is 2.68 bits per heavy atom. The molecule has 3 rings (SSSR count). The van der Waals surface area contributed by atoms with E-state index in [1.807, 2.05) is 30.3 Å². The van der Waals surface area contributed by atoms with Crippen molar-refractivity contribution in [3.05, 3.63) is 30.3 Å². The second-order valence-corrected chi connectivity index (χ2v) is 6.19. The van der Waals surface area contributed by atoms with Crippen LogP contribution in [-0.2, 0) is 9.47 Å². The van der Waals surface area contributed by atoms with E-state index in [4.69, 9.17) is 14.2 Å². The molecule has 2 fully saturated rings. The third kappa shape index (κ3) is 4.20. The van der Waals surface area contributed by atoms with Gasteiger partial charge in [-0.05, 0) is 25.0 Å². The number of benzene rings is 1. The fourth-order valence-electron chi connectivity index (χ4n) is 3.13. The summed E-state index contributed by atoms with van der Waals surface area (Å²) in [6.07, 6.45) is 2.05. The van der Waals surface area contributed by atoms with E-state index in [1.54, 1.807) is 0 Å². The van der Waals surface area contributed by atoms with Gasteiger partial charge in [-0.3, -0.25) is 4.90 Å². The van der Waals surface area contributed by atoms with Crippen LogP contribution in [0.25, 0.3) is 0 Å². The van der Waals surface area contributed by atoms with Gasteiger partial charge in [-0.15, -0.1) is 0 Å². The van der Waals surface area contributed by atoms with Gasteiger partial charge < -0.3 is 19.3 Å². The molecule has 0 aliphatic carbocycles. The van der Waals surface area contributed by atoms with Crippen molar-refractivity contribution >= 4 is 0 Å². The first kappa shape index (κ1) is 15.7. The second kappa shape index (κ2) is 7.42. The molecule has 5 nitrogen and oxygen atoms in total. The van der Waals surface area contributed by atoms with E-state index >= 15 is 0 Å². The number of nitrogens with zero attached hydrogens (tertiary/aromatic N) is 1. The molecule has 1 N–H and O–H groups in total. The quantitative estimate of drug-likeness (QED) is 0.909. The van der Waals surface area contributed by atoms with E-state index in [0.29, 0.717) is 25.8 Å². The van der Waals surface area contributed by atoms with Crippen LogP contribution in [0.2, 0.25) is 0 Å². The summed E-state index contributed by atoms with van der Waals surface area (Å²) in [4.78, 5) is 2.34. The molecule has 1 aromatic rings. The lowest BCUT2D eigenvalue weighted by Crippen LogP contribution is -2.52. The summed E-state index contributed by atoms with van der Waals surface area (Å²) in [5.41, 5.74) is -0.968. The molecule has 2 aliphatic rings. The molecule has 0 saturated carbocycles. The summed E-state index contributed by atoms with van der Waals surface area (Å²) in [6, 6.07) is 10.1. The third-order valence-electron chi connectivity index (χ3n) is 4.35. The van der Waals surface area contributed by atoms with Gasteiger partial charge in [0.1, 0.15) is 18.0 Å². The van der Waals surface area contributed by atoms with Crippen molar-refractivity contribution in [3.8, 4) is 5.75 Å². The fourth-order valence-corrected chi connectivity index (χ4v) is 3.13. The molecule has 0 spiro atoms. The molecular weight excluding hydrogens is 282 g/mol. The zero-order chi connectivity index (χ0) is 15.3. The Bertz CT molecular complexity index is 449. The molecule has 0 aromatic heterocycles. The Labute approximate surface area is 131 Å². The fraction of sp³-hybridized carbons (Fsp3) is 0.647. The minimum absolute atomic E-state index is 0.247. The van der Waals surface area contributed by atoms with Gasteiger partial charge >= 0.3 is 0 Å². The van der Waals surface area contributed by atoms with Crippen LogP contribution in [0.3, 0.4) is 0 Å². The highest BCUT2D eigenvalue weighted by Gasteiger charge is 2.36. The first-order valence-electron chi connectivity index (χ1n) is 8.05. The van der Waals surface area contributed by atoms with Crippen LogP contribution in [0.1, 0.15) is 12.8 Å². The molecule has 2 heterocycles. The first-order chi connectivity index (χ1) is 10.8. The van der Waals surface area contributed by atoms with Crippen molar-refractivity contribution in [2.75, 3.05) is 46.1 Å². The molecule has 2 saturated heterocycles. The maximum Gasteiger partial charge on any atom is 0.134 e. The average Bonchev–Trinajstić information content (AvgIpc) is 2.77. The smallest absolute Gasteiger partial charge is 0.134 e. The van der Waals surface area contributed by atoms with E-state index in [9.17, 15) is 5.11 Å². The van der Waals surface area contributed by atoms with Gasteiger partial charge in [-0.25, -0.2) is 0 Å². The maximum atomic E-state index is 10.9. The molecule has 1 unspecified atom stereocenters. The summed E-state index contributed by atoms with van der Waals surface area (Å²) in [5.74, 6) is 0.776. The normalized spacial score (nSPS) is 28.2. The lowest BCUT2D eigenvalue weighted by Gasteiger charge is -2.37. The molecular formula is C17H25NO4. The Morgan fingerprint density at radius 2 is 1.91 bits per heavy atom. The largest absolute Gasteiger partial charge is 0.490 e. The van der Waals surface area contributed by atoms with Crippen LogP contribution < -0.4 is 4.74 Å². The lowest BCUT2D eigenvalue weighted by atomic mass is 10.0.